The van der Waals surface area contributed by atoms with Crippen LogP contribution in [0.15, 0.2) is 0 Å². The van der Waals surface area contributed by atoms with Gasteiger partial charge in [0.2, 0.25) is 5.78 Å². The molecule has 0 aromatic carbocycles. The van der Waals surface area contributed by atoms with E-state index in [4.69, 9.17) is 0 Å². The first kappa shape index (κ1) is 11.2. The highest BCUT2D eigenvalue weighted by molar-refractivity contribution is 5.89. The molecule has 0 heterocycles. The standard InChI is InChI=1S/C10H16O4/c1-8(11)14-7-9(12)10(13)5-3-2-4-6-10/h13H,2-7H2,1H3. The molecule has 0 spiro atoms. The van der Waals surface area contributed by atoms with Crippen LogP contribution in [0.1, 0.15) is 39.0 Å². The molecule has 1 fully saturated rings. The van der Waals surface area contributed by atoms with Crippen molar-refractivity contribution >= 4 is 11.8 Å². The lowest BCUT2D eigenvalue weighted by atomic mass is 9.82. The molecule has 0 saturated heterocycles. The van der Waals surface area contributed by atoms with Gasteiger partial charge in [-0.25, -0.2) is 0 Å². The number of rotatable bonds is 3. The quantitative estimate of drug-likeness (QED) is 0.685. The predicted octanol–water partition coefficient (Wildman–Crippen LogP) is 0.814. The van der Waals surface area contributed by atoms with Crippen molar-refractivity contribution in [3.05, 3.63) is 0 Å². The van der Waals surface area contributed by atoms with Crippen LogP contribution in [0.3, 0.4) is 0 Å². The SMILES string of the molecule is CC(=O)OCC(=O)C1(O)CCCCC1. The molecule has 1 aliphatic carbocycles. The Morgan fingerprint density at radius 3 is 2.36 bits per heavy atom. The summed E-state index contributed by atoms with van der Waals surface area (Å²) < 4.78 is 4.57. The molecule has 80 valence electrons. The topological polar surface area (TPSA) is 63.6 Å². The molecule has 0 aliphatic heterocycles. The first-order valence-electron chi connectivity index (χ1n) is 4.94. The lowest BCUT2D eigenvalue weighted by Gasteiger charge is -2.30. The summed E-state index contributed by atoms with van der Waals surface area (Å²) in [7, 11) is 0. The highest BCUT2D eigenvalue weighted by atomic mass is 16.5. The molecule has 14 heavy (non-hydrogen) atoms. The van der Waals surface area contributed by atoms with Gasteiger partial charge in [-0.1, -0.05) is 19.3 Å². The van der Waals surface area contributed by atoms with E-state index in [1.165, 1.54) is 6.92 Å². The molecule has 0 aromatic heterocycles. The molecule has 0 unspecified atom stereocenters. The second kappa shape index (κ2) is 4.55. The Labute approximate surface area is 83.2 Å². The Morgan fingerprint density at radius 2 is 1.86 bits per heavy atom. The molecule has 0 bridgehead atoms. The zero-order valence-electron chi connectivity index (χ0n) is 8.41. The number of aliphatic hydroxyl groups is 1. The molecular formula is C10H16O4. The molecular weight excluding hydrogens is 184 g/mol. The number of carbonyl (C=O) groups excluding carboxylic acids is 2. The van der Waals surface area contributed by atoms with Crippen LogP contribution in [0.2, 0.25) is 0 Å². The molecule has 4 heteroatoms. The number of ketones is 1. The fraction of sp³-hybridized carbons (Fsp3) is 0.800. The number of ether oxygens (including phenoxy) is 1. The smallest absolute Gasteiger partial charge is 0.303 e. The third-order valence-electron chi connectivity index (χ3n) is 2.61. The number of esters is 1. The molecule has 1 saturated carbocycles. The lowest BCUT2D eigenvalue weighted by Crippen LogP contribution is -2.42. The van der Waals surface area contributed by atoms with Crippen LogP contribution in [0.25, 0.3) is 0 Å². The van der Waals surface area contributed by atoms with Gasteiger partial charge < -0.3 is 9.84 Å². The third-order valence-corrected chi connectivity index (χ3v) is 2.61. The van der Waals surface area contributed by atoms with Gasteiger partial charge in [-0.2, -0.15) is 0 Å². The highest BCUT2D eigenvalue weighted by Crippen LogP contribution is 2.28. The van der Waals surface area contributed by atoms with Gasteiger partial charge in [-0.05, 0) is 12.8 Å². The molecule has 0 aromatic rings. The van der Waals surface area contributed by atoms with Crippen LogP contribution in [0.5, 0.6) is 0 Å². The van der Waals surface area contributed by atoms with E-state index in [0.717, 1.165) is 19.3 Å². The lowest BCUT2D eigenvalue weighted by molar-refractivity contribution is -0.154. The van der Waals surface area contributed by atoms with Gasteiger partial charge in [0, 0.05) is 6.92 Å². The van der Waals surface area contributed by atoms with E-state index in [0.29, 0.717) is 12.8 Å². The van der Waals surface area contributed by atoms with Gasteiger partial charge in [0.1, 0.15) is 5.60 Å². The zero-order chi connectivity index (χ0) is 10.6. The predicted molar refractivity (Wildman–Crippen MR) is 49.7 cm³/mol. The Kier molecular flexibility index (Phi) is 3.63. The minimum absolute atomic E-state index is 0.300. The van der Waals surface area contributed by atoms with Crippen molar-refractivity contribution in [1.29, 1.82) is 0 Å². The van der Waals surface area contributed by atoms with E-state index in [-0.39, 0.29) is 12.4 Å². The van der Waals surface area contributed by atoms with E-state index < -0.39 is 11.6 Å². The first-order chi connectivity index (χ1) is 6.54. The summed E-state index contributed by atoms with van der Waals surface area (Å²) in [5.74, 6) is -0.856. The fourth-order valence-corrected chi connectivity index (χ4v) is 1.72. The monoisotopic (exact) mass is 200 g/mol. The number of Topliss-reactive ketones (excluding diaryl/α,β-unsaturated/α-hetero) is 1. The summed E-state index contributed by atoms with van der Waals surface area (Å²) in [6.07, 6.45) is 3.77. The number of hydrogen-bond acceptors (Lipinski definition) is 4. The summed E-state index contributed by atoms with van der Waals surface area (Å²) in [4.78, 5) is 22.0. The maximum absolute atomic E-state index is 11.5. The number of carbonyl (C=O) groups is 2. The zero-order valence-corrected chi connectivity index (χ0v) is 8.41. The highest BCUT2D eigenvalue weighted by Gasteiger charge is 2.36. The minimum atomic E-state index is -1.24. The van der Waals surface area contributed by atoms with Gasteiger partial charge in [0.25, 0.3) is 0 Å². The van der Waals surface area contributed by atoms with Crippen molar-refractivity contribution in [2.75, 3.05) is 6.61 Å². The van der Waals surface area contributed by atoms with Gasteiger partial charge in [-0.3, -0.25) is 9.59 Å². The van der Waals surface area contributed by atoms with Crippen molar-refractivity contribution < 1.29 is 19.4 Å². The molecule has 1 rings (SSSR count). The van der Waals surface area contributed by atoms with Gasteiger partial charge in [0.15, 0.2) is 6.61 Å². The van der Waals surface area contributed by atoms with Gasteiger partial charge in [-0.15, -0.1) is 0 Å². The van der Waals surface area contributed by atoms with Crippen molar-refractivity contribution in [3.8, 4) is 0 Å². The second-order valence-electron chi connectivity index (χ2n) is 3.80. The Balaban J connectivity index is 2.45. The second-order valence-corrected chi connectivity index (χ2v) is 3.80. The Hall–Kier alpha value is -0.900. The van der Waals surface area contributed by atoms with Gasteiger partial charge >= 0.3 is 5.97 Å². The maximum Gasteiger partial charge on any atom is 0.303 e. The van der Waals surface area contributed by atoms with E-state index in [9.17, 15) is 14.7 Å². The average molecular weight is 200 g/mol. The Morgan fingerprint density at radius 1 is 1.29 bits per heavy atom. The molecule has 0 atom stereocenters. The average Bonchev–Trinajstić information content (AvgIpc) is 2.15. The van der Waals surface area contributed by atoms with Crippen LogP contribution in [0.4, 0.5) is 0 Å². The van der Waals surface area contributed by atoms with E-state index in [2.05, 4.69) is 4.74 Å². The van der Waals surface area contributed by atoms with Crippen molar-refractivity contribution in [2.24, 2.45) is 0 Å². The molecule has 0 amide bonds. The minimum Gasteiger partial charge on any atom is -0.458 e. The molecule has 1 N–H and O–H groups in total. The third kappa shape index (κ3) is 2.80. The van der Waals surface area contributed by atoms with Crippen LogP contribution in [-0.4, -0.2) is 29.1 Å². The molecule has 0 radical (unpaired) electrons. The largest absolute Gasteiger partial charge is 0.458 e. The molecule has 4 nitrogen and oxygen atoms in total. The molecule has 1 aliphatic rings. The summed E-state index contributed by atoms with van der Waals surface area (Å²) in [5, 5.41) is 9.91. The van der Waals surface area contributed by atoms with Crippen LogP contribution in [0, 0.1) is 0 Å². The fourth-order valence-electron chi connectivity index (χ4n) is 1.72. The summed E-state index contributed by atoms with van der Waals surface area (Å²) >= 11 is 0. The van der Waals surface area contributed by atoms with Crippen molar-refractivity contribution in [1.82, 2.24) is 0 Å². The van der Waals surface area contributed by atoms with Crippen molar-refractivity contribution in [3.63, 3.8) is 0 Å². The van der Waals surface area contributed by atoms with Crippen LogP contribution < -0.4 is 0 Å². The van der Waals surface area contributed by atoms with Crippen molar-refractivity contribution in [2.45, 2.75) is 44.6 Å². The van der Waals surface area contributed by atoms with E-state index >= 15 is 0 Å². The van der Waals surface area contributed by atoms with Crippen LogP contribution >= 0.6 is 0 Å². The maximum atomic E-state index is 11.5. The summed E-state index contributed by atoms with van der Waals surface area (Å²) in [6.45, 7) is 0.948. The van der Waals surface area contributed by atoms with E-state index in [1.807, 2.05) is 0 Å². The van der Waals surface area contributed by atoms with Gasteiger partial charge in [0.05, 0.1) is 0 Å². The first-order valence-corrected chi connectivity index (χ1v) is 4.94. The van der Waals surface area contributed by atoms with Crippen LogP contribution in [-0.2, 0) is 14.3 Å². The summed E-state index contributed by atoms with van der Waals surface area (Å²) in [6, 6.07) is 0. The normalized spacial score (nSPS) is 20.1. The number of hydrogen-bond donors (Lipinski definition) is 1. The summed E-state index contributed by atoms with van der Waals surface area (Å²) in [5.41, 5.74) is -1.24. The van der Waals surface area contributed by atoms with E-state index in [1.54, 1.807) is 0 Å². The Bertz CT molecular complexity index is 228.